The molecule has 0 aliphatic rings. The Morgan fingerprint density at radius 3 is 2.16 bits per heavy atom. The zero-order valence-electron chi connectivity index (χ0n) is 11.0. The van der Waals surface area contributed by atoms with E-state index >= 15 is 0 Å². The van der Waals surface area contributed by atoms with Crippen molar-refractivity contribution in [1.82, 2.24) is 0 Å². The minimum atomic E-state index is 0.955. The minimum absolute atomic E-state index is 0.955. The summed E-state index contributed by atoms with van der Waals surface area (Å²) in [6.07, 6.45) is 9.21. The van der Waals surface area contributed by atoms with Crippen LogP contribution >= 0.6 is 0 Å². The van der Waals surface area contributed by atoms with E-state index < -0.39 is 0 Å². The summed E-state index contributed by atoms with van der Waals surface area (Å²) >= 11 is 0. The molecule has 0 unspecified atom stereocenters. The van der Waals surface area contributed by atoms with Gasteiger partial charge in [0.05, 0.1) is 0 Å². The highest BCUT2D eigenvalue weighted by molar-refractivity contribution is 5.74. The fourth-order valence-corrected chi connectivity index (χ4v) is 1.90. The molecule has 0 bridgehead atoms. The van der Waals surface area contributed by atoms with E-state index in [4.69, 9.17) is 0 Å². The molecule has 0 aliphatic heterocycles. The van der Waals surface area contributed by atoms with Crippen molar-refractivity contribution in [3.05, 3.63) is 103 Å². The van der Waals surface area contributed by atoms with E-state index in [-0.39, 0.29) is 0 Å². The maximum absolute atomic E-state index is 3.87. The Morgan fingerprint density at radius 1 is 0.895 bits per heavy atom. The third-order valence-electron chi connectivity index (χ3n) is 2.94. The van der Waals surface area contributed by atoms with E-state index in [2.05, 4.69) is 61.2 Å². The van der Waals surface area contributed by atoms with Gasteiger partial charge in [-0.25, -0.2) is 0 Å². The van der Waals surface area contributed by atoms with Crippen LogP contribution in [-0.4, -0.2) is 0 Å². The maximum atomic E-state index is 3.87. The summed E-state index contributed by atoms with van der Waals surface area (Å²) in [4.78, 5) is 0. The molecule has 0 aliphatic carbocycles. The number of allylic oxidation sites excluding steroid dienone is 5. The van der Waals surface area contributed by atoms with Gasteiger partial charge in [0, 0.05) is 0 Å². The first-order chi connectivity index (χ1) is 9.40. The highest BCUT2D eigenvalue weighted by Gasteiger charge is 1.93. The summed E-state index contributed by atoms with van der Waals surface area (Å²) in [5.74, 6) is 0. The molecule has 0 heterocycles. The van der Waals surface area contributed by atoms with E-state index in [1.165, 1.54) is 11.1 Å². The van der Waals surface area contributed by atoms with Crippen molar-refractivity contribution in [2.45, 2.75) is 6.42 Å². The molecule has 0 spiro atoms. The molecule has 19 heavy (non-hydrogen) atoms. The summed E-state index contributed by atoms with van der Waals surface area (Å²) in [6.45, 7) is 3.87. The lowest BCUT2D eigenvalue weighted by atomic mass is 10.1. The van der Waals surface area contributed by atoms with Gasteiger partial charge in [0.1, 0.15) is 0 Å². The number of rotatable bonds is 5. The summed E-state index contributed by atoms with van der Waals surface area (Å²) in [6, 6.07) is 20.8. The molecule has 0 saturated carbocycles. The van der Waals surface area contributed by atoms with Crippen LogP contribution in [-0.2, 0) is 6.42 Å². The predicted octanol–water partition coefficient (Wildman–Crippen LogP) is 5.05. The summed E-state index contributed by atoms with van der Waals surface area (Å²) in [5, 5.41) is 0. The van der Waals surface area contributed by atoms with Gasteiger partial charge >= 0.3 is 0 Å². The van der Waals surface area contributed by atoms with Gasteiger partial charge in [0.2, 0.25) is 0 Å². The van der Waals surface area contributed by atoms with Crippen LogP contribution in [0.3, 0.4) is 0 Å². The Balaban J connectivity index is 2.02. The predicted molar refractivity (Wildman–Crippen MR) is 83.9 cm³/mol. The van der Waals surface area contributed by atoms with E-state index in [1.54, 1.807) is 0 Å². The van der Waals surface area contributed by atoms with Gasteiger partial charge in [-0.15, -0.1) is 0 Å². The first-order valence-electron chi connectivity index (χ1n) is 6.49. The zero-order chi connectivity index (χ0) is 13.3. The van der Waals surface area contributed by atoms with Crippen molar-refractivity contribution in [2.75, 3.05) is 0 Å². The van der Waals surface area contributed by atoms with E-state index in [0.717, 1.165) is 12.0 Å². The SMILES string of the molecule is C=C/C(=C\C=C/Cc1ccccc1)c1ccccc1. The molecule has 2 aromatic rings. The fourth-order valence-electron chi connectivity index (χ4n) is 1.90. The molecule has 0 nitrogen and oxygen atoms in total. The summed E-state index contributed by atoms with van der Waals surface area (Å²) in [7, 11) is 0. The Morgan fingerprint density at radius 2 is 1.53 bits per heavy atom. The van der Waals surface area contributed by atoms with Crippen LogP contribution in [0.15, 0.2) is 91.5 Å². The quantitative estimate of drug-likeness (QED) is 0.647. The van der Waals surface area contributed by atoms with Crippen LogP contribution in [0, 0.1) is 0 Å². The van der Waals surface area contributed by atoms with E-state index in [9.17, 15) is 0 Å². The molecular weight excluding hydrogens is 228 g/mol. The number of hydrogen-bond acceptors (Lipinski definition) is 0. The van der Waals surface area contributed by atoms with Crippen molar-refractivity contribution < 1.29 is 0 Å². The first kappa shape index (κ1) is 13.1. The molecule has 0 atom stereocenters. The molecule has 0 fully saturated rings. The van der Waals surface area contributed by atoms with Gasteiger partial charge in [-0.3, -0.25) is 0 Å². The molecule has 0 radical (unpaired) electrons. The lowest BCUT2D eigenvalue weighted by Crippen LogP contribution is -1.79. The highest BCUT2D eigenvalue weighted by Crippen LogP contribution is 2.14. The summed E-state index contributed by atoms with van der Waals surface area (Å²) in [5.41, 5.74) is 3.67. The fraction of sp³-hybridized carbons (Fsp3) is 0.0526. The van der Waals surface area contributed by atoms with E-state index in [0.29, 0.717) is 0 Å². The van der Waals surface area contributed by atoms with Crippen LogP contribution in [0.5, 0.6) is 0 Å². The standard InChI is InChI=1S/C19H18/c1-2-18(19-15-7-4-8-16-19)14-10-9-13-17-11-5-3-6-12-17/h2-12,14-16H,1,13H2/b10-9-,18-14+. The normalized spacial score (nSPS) is 11.7. The average Bonchev–Trinajstić information content (AvgIpc) is 2.49. The molecule has 2 aromatic carbocycles. The van der Waals surface area contributed by atoms with Gasteiger partial charge in [-0.2, -0.15) is 0 Å². The second-order valence-corrected chi connectivity index (χ2v) is 4.31. The van der Waals surface area contributed by atoms with Crippen molar-refractivity contribution in [3.8, 4) is 0 Å². The first-order valence-corrected chi connectivity index (χ1v) is 6.49. The van der Waals surface area contributed by atoms with Crippen LogP contribution < -0.4 is 0 Å². The van der Waals surface area contributed by atoms with Crippen molar-refractivity contribution in [2.24, 2.45) is 0 Å². The van der Waals surface area contributed by atoms with Crippen LogP contribution in [0.4, 0.5) is 0 Å². The van der Waals surface area contributed by atoms with Crippen molar-refractivity contribution >= 4 is 5.57 Å². The lowest BCUT2D eigenvalue weighted by Gasteiger charge is -2.00. The second kappa shape index (κ2) is 7.17. The minimum Gasteiger partial charge on any atom is -0.0984 e. The molecule has 0 amide bonds. The van der Waals surface area contributed by atoms with Crippen LogP contribution in [0.25, 0.3) is 5.57 Å². The smallest absolute Gasteiger partial charge is 0.00943 e. The van der Waals surface area contributed by atoms with E-state index in [1.807, 2.05) is 30.3 Å². The molecule has 0 saturated heterocycles. The maximum Gasteiger partial charge on any atom is -0.00943 e. The van der Waals surface area contributed by atoms with Gasteiger partial charge in [-0.1, -0.05) is 91.5 Å². The van der Waals surface area contributed by atoms with Gasteiger partial charge < -0.3 is 0 Å². The molecule has 0 aromatic heterocycles. The molecule has 0 N–H and O–H groups in total. The Bertz CT molecular complexity index is 560. The highest BCUT2D eigenvalue weighted by atomic mass is 14.0. The van der Waals surface area contributed by atoms with Crippen molar-refractivity contribution in [1.29, 1.82) is 0 Å². The van der Waals surface area contributed by atoms with Crippen LogP contribution in [0.1, 0.15) is 11.1 Å². The molecule has 94 valence electrons. The summed E-state index contributed by atoms with van der Waals surface area (Å²) < 4.78 is 0. The number of hydrogen-bond donors (Lipinski definition) is 0. The molecule has 2 rings (SSSR count). The molecule has 0 heteroatoms. The topological polar surface area (TPSA) is 0 Å². The molecular formula is C19H18. The Hall–Kier alpha value is -2.34. The third kappa shape index (κ3) is 4.11. The third-order valence-corrected chi connectivity index (χ3v) is 2.94. The van der Waals surface area contributed by atoms with Crippen LogP contribution in [0.2, 0.25) is 0 Å². The Kier molecular flexibility index (Phi) is 4.95. The van der Waals surface area contributed by atoms with Crippen molar-refractivity contribution in [3.63, 3.8) is 0 Å². The largest absolute Gasteiger partial charge is 0.0984 e. The Labute approximate surface area is 115 Å². The monoisotopic (exact) mass is 246 g/mol. The van der Waals surface area contributed by atoms with Gasteiger partial charge in [0.15, 0.2) is 0 Å². The number of benzene rings is 2. The lowest BCUT2D eigenvalue weighted by molar-refractivity contribution is 1.27. The second-order valence-electron chi connectivity index (χ2n) is 4.31. The zero-order valence-corrected chi connectivity index (χ0v) is 11.0. The van der Waals surface area contributed by atoms with Gasteiger partial charge in [-0.05, 0) is 23.1 Å². The average molecular weight is 246 g/mol. The van der Waals surface area contributed by atoms with Gasteiger partial charge in [0.25, 0.3) is 0 Å².